The van der Waals surface area contributed by atoms with Gasteiger partial charge in [-0.2, -0.15) is 0 Å². The maximum atomic E-state index is 11.9. The molecule has 0 atom stereocenters. The summed E-state index contributed by atoms with van der Waals surface area (Å²) < 4.78 is 5.49. The van der Waals surface area contributed by atoms with Crippen LogP contribution in [-0.2, 0) is 16.0 Å². The van der Waals surface area contributed by atoms with Crippen molar-refractivity contribution in [1.29, 1.82) is 0 Å². The lowest BCUT2D eigenvalue weighted by atomic mass is 10.1. The van der Waals surface area contributed by atoms with E-state index in [0.717, 1.165) is 6.42 Å². The number of hydrogen-bond acceptors (Lipinski definition) is 3. The topological polar surface area (TPSA) is 67.4 Å². The number of carbonyl (C=O) groups is 2. The number of nitrogens with one attached hydrogen (secondary N) is 2. The van der Waals surface area contributed by atoms with E-state index in [-0.39, 0.29) is 24.3 Å². The molecule has 132 valence electrons. The van der Waals surface area contributed by atoms with Gasteiger partial charge < -0.3 is 15.4 Å². The molecule has 2 aromatic carbocycles. The highest BCUT2D eigenvalue weighted by molar-refractivity contribution is 5.92. The van der Waals surface area contributed by atoms with Gasteiger partial charge in [0.1, 0.15) is 5.75 Å². The van der Waals surface area contributed by atoms with E-state index in [1.165, 1.54) is 5.56 Å². The summed E-state index contributed by atoms with van der Waals surface area (Å²) in [6.45, 7) is 4.16. The van der Waals surface area contributed by atoms with Crippen LogP contribution in [-0.4, -0.2) is 25.0 Å². The lowest BCUT2D eigenvalue weighted by molar-refractivity contribution is -0.123. The molecule has 0 aliphatic heterocycles. The van der Waals surface area contributed by atoms with Gasteiger partial charge in [0.15, 0.2) is 6.61 Å². The van der Waals surface area contributed by atoms with Crippen molar-refractivity contribution in [3.63, 3.8) is 0 Å². The predicted octanol–water partition coefficient (Wildman–Crippen LogP) is 3.02. The first-order chi connectivity index (χ1) is 12.0. The van der Waals surface area contributed by atoms with Gasteiger partial charge in [-0.1, -0.05) is 50.2 Å². The van der Waals surface area contributed by atoms with Gasteiger partial charge in [0.05, 0.1) is 0 Å². The van der Waals surface area contributed by atoms with Gasteiger partial charge in [-0.15, -0.1) is 0 Å². The first-order valence-electron chi connectivity index (χ1n) is 8.39. The van der Waals surface area contributed by atoms with Gasteiger partial charge in [0.2, 0.25) is 5.91 Å². The summed E-state index contributed by atoms with van der Waals surface area (Å²) in [7, 11) is 0. The van der Waals surface area contributed by atoms with Crippen molar-refractivity contribution in [2.45, 2.75) is 20.3 Å². The van der Waals surface area contributed by atoms with Gasteiger partial charge in [0.25, 0.3) is 5.91 Å². The van der Waals surface area contributed by atoms with Crippen LogP contribution in [0.25, 0.3) is 0 Å². The van der Waals surface area contributed by atoms with Crippen molar-refractivity contribution in [3.8, 4) is 5.75 Å². The Kier molecular flexibility index (Phi) is 7.01. The Bertz CT molecular complexity index is 699. The molecule has 0 heterocycles. The molecule has 0 aromatic heterocycles. The van der Waals surface area contributed by atoms with E-state index >= 15 is 0 Å². The lowest BCUT2D eigenvalue weighted by Gasteiger charge is -2.11. The fraction of sp³-hybridized carbons (Fsp3) is 0.300. The van der Waals surface area contributed by atoms with Crippen LogP contribution in [0.4, 0.5) is 5.69 Å². The first kappa shape index (κ1) is 18.5. The predicted molar refractivity (Wildman–Crippen MR) is 98.6 cm³/mol. The minimum atomic E-state index is -0.174. The van der Waals surface area contributed by atoms with E-state index in [0.29, 0.717) is 18.0 Å². The Labute approximate surface area is 148 Å². The van der Waals surface area contributed by atoms with E-state index in [4.69, 9.17) is 4.74 Å². The fourth-order valence-corrected chi connectivity index (χ4v) is 2.14. The van der Waals surface area contributed by atoms with E-state index in [1.807, 2.05) is 44.2 Å². The van der Waals surface area contributed by atoms with Gasteiger partial charge in [-0.3, -0.25) is 9.59 Å². The molecule has 0 spiro atoms. The second kappa shape index (κ2) is 9.47. The number of hydrogen-bond donors (Lipinski definition) is 2. The molecule has 0 saturated heterocycles. The van der Waals surface area contributed by atoms with Crippen LogP contribution in [0.3, 0.4) is 0 Å². The first-order valence-corrected chi connectivity index (χ1v) is 8.39. The molecule has 5 nitrogen and oxygen atoms in total. The molecule has 0 bridgehead atoms. The Morgan fingerprint density at radius 1 is 1.04 bits per heavy atom. The molecule has 2 amide bonds. The summed E-state index contributed by atoms with van der Waals surface area (Å²) in [4.78, 5) is 23.6. The zero-order valence-electron chi connectivity index (χ0n) is 14.6. The van der Waals surface area contributed by atoms with Crippen LogP contribution in [0, 0.1) is 5.92 Å². The third-order valence-corrected chi connectivity index (χ3v) is 3.57. The van der Waals surface area contributed by atoms with Gasteiger partial charge in [-0.05, 0) is 24.1 Å². The summed E-state index contributed by atoms with van der Waals surface area (Å²) in [5.74, 6) is 0.211. The zero-order chi connectivity index (χ0) is 18.1. The quantitative estimate of drug-likeness (QED) is 0.776. The monoisotopic (exact) mass is 340 g/mol. The average molecular weight is 340 g/mol. The molecule has 0 aliphatic rings. The third-order valence-electron chi connectivity index (χ3n) is 3.57. The van der Waals surface area contributed by atoms with E-state index in [2.05, 4.69) is 10.6 Å². The largest absolute Gasteiger partial charge is 0.484 e. The van der Waals surface area contributed by atoms with Gasteiger partial charge in [-0.25, -0.2) is 0 Å². The number of amides is 2. The maximum Gasteiger partial charge on any atom is 0.257 e. The van der Waals surface area contributed by atoms with Crippen LogP contribution in [0.2, 0.25) is 0 Å². The molecule has 2 rings (SSSR count). The van der Waals surface area contributed by atoms with Crippen LogP contribution in [0.15, 0.2) is 54.6 Å². The summed E-state index contributed by atoms with van der Waals surface area (Å²) >= 11 is 0. The lowest BCUT2D eigenvalue weighted by Crippen LogP contribution is -2.30. The normalized spacial score (nSPS) is 10.4. The van der Waals surface area contributed by atoms with Crippen molar-refractivity contribution < 1.29 is 14.3 Å². The SMILES string of the molecule is CC(C)C(=O)Nc1cccc(OCC(=O)NCCc2ccccc2)c1. The van der Waals surface area contributed by atoms with E-state index < -0.39 is 0 Å². The minimum Gasteiger partial charge on any atom is -0.484 e. The second-order valence-corrected chi connectivity index (χ2v) is 6.05. The van der Waals surface area contributed by atoms with Crippen molar-refractivity contribution in [1.82, 2.24) is 5.32 Å². The molecular weight excluding hydrogens is 316 g/mol. The number of anilines is 1. The minimum absolute atomic E-state index is 0.0592. The summed E-state index contributed by atoms with van der Waals surface area (Å²) in [6, 6.07) is 17.0. The Morgan fingerprint density at radius 2 is 1.80 bits per heavy atom. The molecule has 0 unspecified atom stereocenters. The van der Waals surface area contributed by atoms with Crippen molar-refractivity contribution >= 4 is 17.5 Å². The molecule has 0 saturated carbocycles. The fourth-order valence-electron chi connectivity index (χ4n) is 2.14. The van der Waals surface area contributed by atoms with Gasteiger partial charge >= 0.3 is 0 Å². The Hall–Kier alpha value is -2.82. The number of rotatable bonds is 8. The third kappa shape index (κ3) is 6.67. The van der Waals surface area contributed by atoms with E-state index in [1.54, 1.807) is 24.3 Å². The van der Waals surface area contributed by atoms with Gasteiger partial charge in [0, 0.05) is 24.2 Å². The molecule has 0 aliphatic carbocycles. The molecular formula is C20H24N2O3. The molecule has 0 radical (unpaired) electrons. The summed E-state index contributed by atoms with van der Waals surface area (Å²) in [6.07, 6.45) is 0.781. The molecule has 2 aromatic rings. The van der Waals surface area contributed by atoms with Crippen LogP contribution in [0.5, 0.6) is 5.75 Å². The zero-order valence-corrected chi connectivity index (χ0v) is 14.6. The highest BCUT2D eigenvalue weighted by Gasteiger charge is 2.08. The van der Waals surface area contributed by atoms with Crippen LogP contribution < -0.4 is 15.4 Å². The molecule has 25 heavy (non-hydrogen) atoms. The molecule has 2 N–H and O–H groups in total. The molecule has 0 fully saturated rings. The molecule has 5 heteroatoms. The number of ether oxygens (including phenoxy) is 1. The van der Waals surface area contributed by atoms with Crippen LogP contribution in [0.1, 0.15) is 19.4 Å². The van der Waals surface area contributed by atoms with Crippen LogP contribution >= 0.6 is 0 Å². The number of benzene rings is 2. The van der Waals surface area contributed by atoms with Crippen molar-refractivity contribution in [3.05, 3.63) is 60.2 Å². The van der Waals surface area contributed by atoms with Crippen molar-refractivity contribution in [2.75, 3.05) is 18.5 Å². The van der Waals surface area contributed by atoms with E-state index in [9.17, 15) is 9.59 Å². The summed E-state index contributed by atoms with van der Waals surface area (Å²) in [5, 5.41) is 5.63. The standard InChI is InChI=1S/C20H24N2O3/c1-15(2)20(24)22-17-9-6-10-18(13-17)25-14-19(23)21-12-11-16-7-4-3-5-8-16/h3-10,13,15H,11-12,14H2,1-2H3,(H,21,23)(H,22,24). The maximum absolute atomic E-state index is 11.9. The highest BCUT2D eigenvalue weighted by atomic mass is 16.5. The highest BCUT2D eigenvalue weighted by Crippen LogP contribution is 2.17. The van der Waals surface area contributed by atoms with Crippen molar-refractivity contribution in [2.24, 2.45) is 5.92 Å². The average Bonchev–Trinajstić information content (AvgIpc) is 2.61. The number of carbonyl (C=O) groups excluding carboxylic acids is 2. The summed E-state index contributed by atoms with van der Waals surface area (Å²) in [5.41, 5.74) is 1.83. The Balaban J connectivity index is 1.74. The smallest absolute Gasteiger partial charge is 0.257 e. The Morgan fingerprint density at radius 3 is 2.52 bits per heavy atom. The second-order valence-electron chi connectivity index (χ2n) is 6.05.